The summed E-state index contributed by atoms with van der Waals surface area (Å²) in [7, 11) is 0. The van der Waals surface area contributed by atoms with E-state index in [2.05, 4.69) is 15.9 Å². The van der Waals surface area contributed by atoms with E-state index < -0.39 is 0 Å². The van der Waals surface area contributed by atoms with Gasteiger partial charge in [-0.2, -0.15) is 0 Å². The van der Waals surface area contributed by atoms with Crippen LogP contribution in [0.5, 0.6) is 0 Å². The number of nitrogens with zero attached hydrogens (tertiary/aromatic N) is 1. The first-order chi connectivity index (χ1) is 10.1. The highest BCUT2D eigenvalue weighted by Crippen LogP contribution is 2.22. The lowest BCUT2D eigenvalue weighted by atomic mass is 10.0. The van der Waals surface area contributed by atoms with E-state index in [9.17, 15) is 4.39 Å². The molecule has 0 heterocycles. The van der Waals surface area contributed by atoms with Gasteiger partial charge in [0.1, 0.15) is 5.82 Å². The summed E-state index contributed by atoms with van der Waals surface area (Å²) in [6.07, 6.45) is 0.782. The monoisotopic (exact) mass is 350 g/mol. The first-order valence-electron chi connectivity index (χ1n) is 7.12. The second kappa shape index (κ2) is 7.57. The number of benzene rings is 2. The van der Waals surface area contributed by atoms with E-state index in [-0.39, 0.29) is 11.9 Å². The van der Waals surface area contributed by atoms with Gasteiger partial charge in [0.15, 0.2) is 0 Å². The Morgan fingerprint density at radius 1 is 1.14 bits per heavy atom. The van der Waals surface area contributed by atoms with Gasteiger partial charge >= 0.3 is 0 Å². The Kier molecular flexibility index (Phi) is 5.76. The Morgan fingerprint density at radius 2 is 1.81 bits per heavy atom. The molecule has 0 saturated heterocycles. The fraction of sp³-hybridized carbons (Fsp3) is 0.294. The summed E-state index contributed by atoms with van der Waals surface area (Å²) >= 11 is 3.42. The Bertz CT molecular complexity index is 571. The molecule has 1 atom stereocenters. The summed E-state index contributed by atoms with van der Waals surface area (Å²) in [6.45, 7) is 3.51. The topological polar surface area (TPSA) is 29.3 Å². The fourth-order valence-electron chi connectivity index (χ4n) is 2.33. The van der Waals surface area contributed by atoms with Gasteiger partial charge in [-0.1, -0.05) is 40.2 Å². The standard InChI is InChI=1S/C17H20BrFN2/c1-2-21(17-6-4-3-5-15(17)19)12-11-16(20)13-7-9-14(18)10-8-13/h3-10,16H,2,11-12,20H2,1H3. The predicted molar refractivity (Wildman–Crippen MR) is 90.0 cm³/mol. The molecule has 0 saturated carbocycles. The quantitative estimate of drug-likeness (QED) is 0.830. The van der Waals surface area contributed by atoms with Gasteiger partial charge in [-0.05, 0) is 43.2 Å². The first-order valence-corrected chi connectivity index (χ1v) is 7.91. The molecule has 112 valence electrons. The molecule has 0 aromatic heterocycles. The molecule has 4 heteroatoms. The maximum Gasteiger partial charge on any atom is 0.146 e. The van der Waals surface area contributed by atoms with Gasteiger partial charge in [0.05, 0.1) is 5.69 Å². The summed E-state index contributed by atoms with van der Waals surface area (Å²) in [6, 6.07) is 14.8. The third kappa shape index (κ3) is 4.29. The van der Waals surface area contributed by atoms with Gasteiger partial charge in [-0.15, -0.1) is 0 Å². The van der Waals surface area contributed by atoms with Gasteiger partial charge in [0.25, 0.3) is 0 Å². The van der Waals surface area contributed by atoms with E-state index in [0.717, 1.165) is 29.5 Å². The fourth-order valence-corrected chi connectivity index (χ4v) is 2.59. The molecule has 0 aliphatic rings. The SMILES string of the molecule is CCN(CCC(N)c1ccc(Br)cc1)c1ccccc1F. The third-order valence-electron chi connectivity index (χ3n) is 3.58. The molecule has 0 amide bonds. The highest BCUT2D eigenvalue weighted by Gasteiger charge is 2.12. The molecule has 0 radical (unpaired) electrons. The van der Waals surface area contributed by atoms with Crippen LogP contribution in [0.25, 0.3) is 0 Å². The minimum atomic E-state index is -0.184. The lowest BCUT2D eigenvalue weighted by Crippen LogP contribution is -2.27. The third-order valence-corrected chi connectivity index (χ3v) is 4.11. The summed E-state index contributed by atoms with van der Waals surface area (Å²) in [5.74, 6) is -0.184. The molecule has 1 unspecified atom stereocenters. The van der Waals surface area contributed by atoms with Crippen molar-refractivity contribution < 1.29 is 4.39 Å². The molecule has 2 rings (SSSR count). The van der Waals surface area contributed by atoms with Gasteiger partial charge in [-0.25, -0.2) is 4.39 Å². The number of anilines is 1. The zero-order valence-corrected chi connectivity index (χ0v) is 13.7. The van der Waals surface area contributed by atoms with Crippen LogP contribution in [0.4, 0.5) is 10.1 Å². The van der Waals surface area contributed by atoms with Crippen molar-refractivity contribution >= 4 is 21.6 Å². The zero-order valence-electron chi connectivity index (χ0n) is 12.1. The molecule has 0 spiro atoms. The van der Waals surface area contributed by atoms with Crippen LogP contribution < -0.4 is 10.6 Å². The number of halogens is 2. The van der Waals surface area contributed by atoms with Crippen molar-refractivity contribution in [1.29, 1.82) is 0 Å². The maximum atomic E-state index is 13.8. The minimum absolute atomic E-state index is 0.0427. The lowest BCUT2D eigenvalue weighted by Gasteiger charge is -2.25. The van der Waals surface area contributed by atoms with Crippen LogP contribution in [-0.4, -0.2) is 13.1 Å². The molecule has 2 N–H and O–H groups in total. The summed E-state index contributed by atoms with van der Waals surface area (Å²) in [5.41, 5.74) is 7.97. The molecule has 0 aliphatic heterocycles. The Hall–Kier alpha value is -1.39. The average molecular weight is 351 g/mol. The van der Waals surface area contributed by atoms with Crippen LogP contribution in [0.2, 0.25) is 0 Å². The van der Waals surface area contributed by atoms with Gasteiger partial charge in [0, 0.05) is 23.6 Å². The van der Waals surface area contributed by atoms with Crippen molar-refractivity contribution in [3.8, 4) is 0 Å². The van der Waals surface area contributed by atoms with Crippen LogP contribution in [0.1, 0.15) is 24.9 Å². The molecule has 2 aromatic carbocycles. The minimum Gasteiger partial charge on any atom is -0.369 e. The number of hydrogen-bond donors (Lipinski definition) is 1. The molecule has 2 aromatic rings. The molecular formula is C17H20BrFN2. The Morgan fingerprint density at radius 3 is 2.43 bits per heavy atom. The molecule has 0 bridgehead atoms. The van der Waals surface area contributed by atoms with Crippen molar-refractivity contribution in [3.05, 3.63) is 64.4 Å². The van der Waals surface area contributed by atoms with E-state index in [1.807, 2.05) is 48.2 Å². The van der Waals surface area contributed by atoms with Crippen molar-refractivity contribution in [3.63, 3.8) is 0 Å². The van der Waals surface area contributed by atoms with Gasteiger partial charge in [-0.3, -0.25) is 0 Å². The van der Waals surface area contributed by atoms with Crippen LogP contribution in [0.3, 0.4) is 0 Å². The van der Waals surface area contributed by atoms with E-state index in [4.69, 9.17) is 5.73 Å². The van der Waals surface area contributed by atoms with E-state index >= 15 is 0 Å². The summed E-state index contributed by atoms with van der Waals surface area (Å²) in [4.78, 5) is 2.02. The highest BCUT2D eigenvalue weighted by molar-refractivity contribution is 9.10. The van der Waals surface area contributed by atoms with E-state index in [1.54, 1.807) is 6.07 Å². The average Bonchev–Trinajstić information content (AvgIpc) is 2.50. The van der Waals surface area contributed by atoms with E-state index in [1.165, 1.54) is 6.07 Å². The van der Waals surface area contributed by atoms with E-state index in [0.29, 0.717) is 5.69 Å². The second-order valence-electron chi connectivity index (χ2n) is 4.98. The number of nitrogens with two attached hydrogens (primary N) is 1. The molecule has 0 aliphatic carbocycles. The van der Waals surface area contributed by atoms with Crippen molar-refractivity contribution in [2.45, 2.75) is 19.4 Å². The Balaban J connectivity index is 2.00. The van der Waals surface area contributed by atoms with Crippen LogP contribution in [0, 0.1) is 5.82 Å². The zero-order chi connectivity index (χ0) is 15.2. The molecule has 0 fully saturated rings. The summed E-state index contributed by atoms with van der Waals surface area (Å²) < 4.78 is 14.9. The van der Waals surface area contributed by atoms with Crippen LogP contribution in [-0.2, 0) is 0 Å². The lowest BCUT2D eigenvalue weighted by molar-refractivity contribution is 0.598. The number of rotatable bonds is 6. The van der Waals surface area contributed by atoms with Crippen molar-refractivity contribution in [1.82, 2.24) is 0 Å². The predicted octanol–water partition coefficient (Wildman–Crippen LogP) is 4.50. The van der Waals surface area contributed by atoms with Crippen LogP contribution >= 0.6 is 15.9 Å². The molecular weight excluding hydrogens is 331 g/mol. The van der Waals surface area contributed by atoms with Crippen molar-refractivity contribution in [2.75, 3.05) is 18.0 Å². The summed E-state index contributed by atoms with van der Waals surface area (Å²) in [5, 5.41) is 0. The number of para-hydroxylation sites is 1. The van der Waals surface area contributed by atoms with Crippen molar-refractivity contribution in [2.24, 2.45) is 5.73 Å². The first kappa shape index (κ1) is 16.0. The molecule has 2 nitrogen and oxygen atoms in total. The highest BCUT2D eigenvalue weighted by atomic mass is 79.9. The van der Waals surface area contributed by atoms with Gasteiger partial charge < -0.3 is 10.6 Å². The largest absolute Gasteiger partial charge is 0.369 e. The Labute approximate surface area is 133 Å². The molecule has 21 heavy (non-hydrogen) atoms. The van der Waals surface area contributed by atoms with Gasteiger partial charge in [0.2, 0.25) is 0 Å². The normalized spacial score (nSPS) is 12.2. The smallest absolute Gasteiger partial charge is 0.146 e. The second-order valence-corrected chi connectivity index (χ2v) is 5.89. The maximum absolute atomic E-state index is 13.8. The number of hydrogen-bond acceptors (Lipinski definition) is 2. The van der Waals surface area contributed by atoms with Crippen LogP contribution in [0.15, 0.2) is 53.0 Å².